The summed E-state index contributed by atoms with van der Waals surface area (Å²) in [5.74, 6) is 0. The third-order valence-electron chi connectivity index (χ3n) is 1.89. The van der Waals surface area contributed by atoms with E-state index in [1.807, 2.05) is 6.07 Å². The van der Waals surface area contributed by atoms with Gasteiger partial charge in [0.2, 0.25) is 0 Å². The van der Waals surface area contributed by atoms with Gasteiger partial charge in [-0.3, -0.25) is 4.98 Å². The van der Waals surface area contributed by atoms with E-state index in [1.54, 1.807) is 17.5 Å². The van der Waals surface area contributed by atoms with Crippen LogP contribution >= 0.6 is 22.9 Å². The molecule has 0 aromatic carbocycles. The van der Waals surface area contributed by atoms with Crippen molar-refractivity contribution in [2.75, 3.05) is 14.1 Å². The van der Waals surface area contributed by atoms with Gasteiger partial charge in [-0.1, -0.05) is 11.6 Å². The third-order valence-corrected chi connectivity index (χ3v) is 3.46. The number of hydrogen-bond acceptors (Lipinski definition) is 3. The molecule has 0 aliphatic rings. The lowest BCUT2D eigenvalue weighted by atomic mass is 10.3. The normalized spacial score (nSPS) is 11.4. The minimum absolute atomic E-state index is 0.796. The minimum atomic E-state index is 0.796. The zero-order valence-electron chi connectivity index (χ0n) is 8.12. The highest BCUT2D eigenvalue weighted by atomic mass is 35.5. The lowest BCUT2D eigenvalue weighted by Crippen LogP contribution is -2.09. The molecule has 0 spiro atoms. The average molecular weight is 227 g/mol. The van der Waals surface area contributed by atoms with Gasteiger partial charge in [0.15, 0.2) is 0 Å². The van der Waals surface area contributed by atoms with Crippen LogP contribution in [0.4, 0.5) is 0 Å². The molecule has 0 saturated heterocycles. The van der Waals surface area contributed by atoms with E-state index in [0.29, 0.717) is 0 Å². The summed E-state index contributed by atoms with van der Waals surface area (Å²) < 4.78 is 1.09. The number of pyridine rings is 1. The Labute approximate surface area is 92.1 Å². The zero-order valence-corrected chi connectivity index (χ0v) is 9.69. The Balaban J connectivity index is 2.46. The second kappa shape index (κ2) is 3.85. The van der Waals surface area contributed by atoms with Gasteiger partial charge < -0.3 is 4.90 Å². The molecule has 2 nitrogen and oxygen atoms in total. The predicted molar refractivity (Wildman–Crippen MR) is 62.0 cm³/mol. The molecule has 0 bridgehead atoms. The van der Waals surface area contributed by atoms with E-state index in [0.717, 1.165) is 21.8 Å². The second-order valence-electron chi connectivity index (χ2n) is 3.46. The second-order valence-corrected chi connectivity index (χ2v) is 5.00. The van der Waals surface area contributed by atoms with Gasteiger partial charge in [0, 0.05) is 17.6 Å². The minimum Gasteiger partial charge on any atom is -0.304 e. The Morgan fingerprint density at radius 2 is 2.29 bits per heavy atom. The van der Waals surface area contributed by atoms with E-state index in [4.69, 9.17) is 11.6 Å². The van der Waals surface area contributed by atoms with E-state index >= 15 is 0 Å². The maximum Gasteiger partial charge on any atom is 0.0828 e. The highest BCUT2D eigenvalue weighted by Gasteiger charge is 2.06. The molecule has 0 radical (unpaired) electrons. The Hall–Kier alpha value is -0.640. The highest BCUT2D eigenvalue weighted by Crippen LogP contribution is 2.30. The number of rotatable bonds is 2. The summed E-state index contributed by atoms with van der Waals surface area (Å²) in [6, 6.07) is 3.94. The predicted octanol–water partition coefficient (Wildman–Crippen LogP) is 3.01. The zero-order chi connectivity index (χ0) is 10.1. The standard InChI is InChI=1S/C10H11ClN2S/c1-13(2)6-7-5-9-10(14-7)8(11)3-4-12-9/h3-5H,6H2,1-2H3. The molecule has 0 aliphatic carbocycles. The van der Waals surface area contributed by atoms with E-state index < -0.39 is 0 Å². The fraction of sp³-hybridized carbons (Fsp3) is 0.300. The maximum absolute atomic E-state index is 6.06. The molecule has 0 saturated carbocycles. The summed E-state index contributed by atoms with van der Waals surface area (Å²) in [5, 5.41) is 0.796. The molecule has 2 heterocycles. The quantitative estimate of drug-likeness (QED) is 0.783. The highest BCUT2D eigenvalue weighted by molar-refractivity contribution is 7.19. The van der Waals surface area contributed by atoms with Crippen LogP contribution in [-0.2, 0) is 6.54 Å². The SMILES string of the molecule is CN(C)Cc1cc2nccc(Cl)c2s1. The van der Waals surface area contributed by atoms with Crippen LogP contribution in [-0.4, -0.2) is 24.0 Å². The molecule has 14 heavy (non-hydrogen) atoms. The molecule has 0 N–H and O–H groups in total. The van der Waals surface area contributed by atoms with Gasteiger partial charge in [0.1, 0.15) is 0 Å². The largest absolute Gasteiger partial charge is 0.304 e. The Morgan fingerprint density at radius 3 is 2.93 bits per heavy atom. The van der Waals surface area contributed by atoms with Crippen molar-refractivity contribution in [2.24, 2.45) is 0 Å². The van der Waals surface area contributed by atoms with Gasteiger partial charge in [-0.2, -0.15) is 0 Å². The van der Waals surface area contributed by atoms with Crippen LogP contribution in [0.2, 0.25) is 5.02 Å². The van der Waals surface area contributed by atoms with Crippen molar-refractivity contribution in [1.29, 1.82) is 0 Å². The third kappa shape index (κ3) is 1.90. The summed E-state index contributed by atoms with van der Waals surface area (Å²) in [4.78, 5) is 7.71. The summed E-state index contributed by atoms with van der Waals surface area (Å²) in [5.41, 5.74) is 0.999. The van der Waals surface area contributed by atoms with Crippen LogP contribution in [0.25, 0.3) is 10.2 Å². The number of aromatic nitrogens is 1. The van der Waals surface area contributed by atoms with Crippen molar-refractivity contribution in [2.45, 2.75) is 6.54 Å². The van der Waals surface area contributed by atoms with Crippen molar-refractivity contribution in [3.8, 4) is 0 Å². The Kier molecular flexibility index (Phi) is 2.72. The topological polar surface area (TPSA) is 16.1 Å². The van der Waals surface area contributed by atoms with E-state index in [2.05, 4.69) is 30.0 Å². The molecule has 4 heteroatoms. The van der Waals surface area contributed by atoms with Crippen LogP contribution < -0.4 is 0 Å². The Bertz CT molecular complexity index is 450. The van der Waals surface area contributed by atoms with Crippen LogP contribution in [0, 0.1) is 0 Å². The first-order valence-corrected chi connectivity index (χ1v) is 5.54. The maximum atomic E-state index is 6.06. The van der Waals surface area contributed by atoms with Crippen molar-refractivity contribution in [3.63, 3.8) is 0 Å². The van der Waals surface area contributed by atoms with Crippen LogP contribution in [0.5, 0.6) is 0 Å². The molecule has 2 aromatic rings. The Morgan fingerprint density at radius 1 is 1.50 bits per heavy atom. The average Bonchev–Trinajstić information content (AvgIpc) is 2.47. The van der Waals surface area contributed by atoms with Crippen molar-refractivity contribution in [3.05, 3.63) is 28.2 Å². The molecule has 74 valence electrons. The molecule has 2 rings (SSSR count). The number of hydrogen-bond donors (Lipinski definition) is 0. The summed E-state index contributed by atoms with van der Waals surface area (Å²) in [6.45, 7) is 0.942. The number of fused-ring (bicyclic) bond motifs is 1. The summed E-state index contributed by atoms with van der Waals surface area (Å²) >= 11 is 7.78. The van der Waals surface area contributed by atoms with Gasteiger partial charge >= 0.3 is 0 Å². The number of halogens is 1. The van der Waals surface area contributed by atoms with Gasteiger partial charge in [-0.15, -0.1) is 11.3 Å². The fourth-order valence-corrected chi connectivity index (χ4v) is 2.75. The smallest absolute Gasteiger partial charge is 0.0828 e. The van der Waals surface area contributed by atoms with Crippen molar-refractivity contribution in [1.82, 2.24) is 9.88 Å². The molecule has 0 amide bonds. The van der Waals surface area contributed by atoms with Gasteiger partial charge in [-0.25, -0.2) is 0 Å². The lowest BCUT2D eigenvalue weighted by molar-refractivity contribution is 0.406. The summed E-state index contributed by atoms with van der Waals surface area (Å²) in [6.07, 6.45) is 1.75. The van der Waals surface area contributed by atoms with Gasteiger partial charge in [-0.05, 0) is 26.2 Å². The lowest BCUT2D eigenvalue weighted by Gasteiger charge is -2.05. The van der Waals surface area contributed by atoms with Crippen molar-refractivity contribution < 1.29 is 0 Å². The van der Waals surface area contributed by atoms with Crippen LogP contribution in [0.3, 0.4) is 0 Å². The number of thiophene rings is 1. The van der Waals surface area contributed by atoms with Crippen LogP contribution in [0.1, 0.15) is 4.88 Å². The van der Waals surface area contributed by atoms with Gasteiger partial charge in [0.05, 0.1) is 15.2 Å². The molecule has 0 unspecified atom stereocenters. The van der Waals surface area contributed by atoms with Crippen molar-refractivity contribution >= 4 is 33.2 Å². The number of nitrogens with zero attached hydrogens (tertiary/aromatic N) is 2. The molecule has 0 atom stereocenters. The van der Waals surface area contributed by atoms with Gasteiger partial charge in [0.25, 0.3) is 0 Å². The molecular formula is C10H11ClN2S. The molecule has 2 aromatic heterocycles. The fourth-order valence-electron chi connectivity index (χ4n) is 1.35. The van der Waals surface area contributed by atoms with Crippen LogP contribution in [0.15, 0.2) is 18.3 Å². The first-order valence-electron chi connectivity index (χ1n) is 4.34. The first-order chi connectivity index (χ1) is 6.66. The monoisotopic (exact) mass is 226 g/mol. The molecule has 0 aliphatic heterocycles. The summed E-state index contributed by atoms with van der Waals surface area (Å²) in [7, 11) is 4.11. The van der Waals surface area contributed by atoms with E-state index in [-0.39, 0.29) is 0 Å². The van der Waals surface area contributed by atoms with E-state index in [9.17, 15) is 0 Å². The molecular weight excluding hydrogens is 216 g/mol. The molecule has 0 fully saturated rings. The van der Waals surface area contributed by atoms with E-state index in [1.165, 1.54) is 4.88 Å². The first kappa shape index (κ1) is 9.90.